The number of nitrogens with zero attached hydrogens (tertiary/aromatic N) is 1. The lowest BCUT2D eigenvalue weighted by atomic mass is 9.95. The van der Waals surface area contributed by atoms with Gasteiger partial charge in [0.05, 0.1) is 11.6 Å². The fourth-order valence-corrected chi connectivity index (χ4v) is 3.42. The van der Waals surface area contributed by atoms with Gasteiger partial charge in [-0.2, -0.15) is 0 Å². The lowest BCUT2D eigenvalue weighted by molar-refractivity contribution is -0.139. The van der Waals surface area contributed by atoms with Gasteiger partial charge in [0.15, 0.2) is 0 Å². The number of aliphatic hydroxyl groups is 1. The van der Waals surface area contributed by atoms with E-state index in [1.807, 2.05) is 13.0 Å². The monoisotopic (exact) mass is 393 g/mol. The van der Waals surface area contributed by atoms with Crippen molar-refractivity contribution in [3.63, 3.8) is 0 Å². The standard InChI is InChI=1S/C23H23NO5/c1-3-4-14-24-20(16-10-12-18(13-11-16)29-15(2)25)19(22(27)23(24)28)21(26)17-8-6-5-7-9-17/h5-13,20,26H,3-4,14H2,1-2H3/b21-19-. The first-order valence-corrected chi connectivity index (χ1v) is 9.56. The molecule has 29 heavy (non-hydrogen) atoms. The maximum absolute atomic E-state index is 12.8. The van der Waals surface area contributed by atoms with Crippen LogP contribution in [0.5, 0.6) is 5.75 Å². The number of esters is 1. The summed E-state index contributed by atoms with van der Waals surface area (Å²) in [6.45, 7) is 3.72. The van der Waals surface area contributed by atoms with Crippen LogP contribution >= 0.6 is 0 Å². The summed E-state index contributed by atoms with van der Waals surface area (Å²) < 4.78 is 5.06. The van der Waals surface area contributed by atoms with Gasteiger partial charge >= 0.3 is 5.97 Å². The van der Waals surface area contributed by atoms with Crippen LogP contribution in [0.25, 0.3) is 5.76 Å². The zero-order chi connectivity index (χ0) is 21.0. The van der Waals surface area contributed by atoms with Crippen molar-refractivity contribution >= 4 is 23.4 Å². The van der Waals surface area contributed by atoms with E-state index in [9.17, 15) is 19.5 Å². The Hall–Kier alpha value is -3.41. The van der Waals surface area contributed by atoms with Crippen LogP contribution in [0, 0.1) is 0 Å². The van der Waals surface area contributed by atoms with E-state index in [-0.39, 0.29) is 11.3 Å². The minimum Gasteiger partial charge on any atom is -0.507 e. The predicted octanol–water partition coefficient (Wildman–Crippen LogP) is 3.83. The molecule has 1 heterocycles. The highest BCUT2D eigenvalue weighted by Crippen LogP contribution is 2.39. The number of ether oxygens (including phenoxy) is 1. The molecule has 150 valence electrons. The minimum atomic E-state index is -0.701. The van der Waals surface area contributed by atoms with E-state index in [0.717, 1.165) is 12.8 Å². The number of Topliss-reactive ketones (excluding diaryl/α,β-unsaturated/α-hetero) is 1. The highest BCUT2D eigenvalue weighted by molar-refractivity contribution is 6.46. The first-order chi connectivity index (χ1) is 13.9. The van der Waals surface area contributed by atoms with Crippen molar-refractivity contribution in [3.8, 4) is 5.75 Å². The molecule has 2 aromatic carbocycles. The molecule has 1 fully saturated rings. The lowest BCUT2D eigenvalue weighted by Crippen LogP contribution is -2.30. The second kappa shape index (κ2) is 8.73. The number of amides is 1. The third-order valence-corrected chi connectivity index (χ3v) is 4.80. The lowest BCUT2D eigenvalue weighted by Gasteiger charge is -2.25. The predicted molar refractivity (Wildman–Crippen MR) is 108 cm³/mol. The van der Waals surface area contributed by atoms with E-state index < -0.39 is 23.7 Å². The number of hydrogen-bond acceptors (Lipinski definition) is 5. The molecule has 1 aliphatic rings. The Morgan fingerprint density at radius 2 is 1.72 bits per heavy atom. The van der Waals surface area contributed by atoms with Crippen LogP contribution in [0.15, 0.2) is 60.2 Å². The number of benzene rings is 2. The molecule has 0 aliphatic carbocycles. The van der Waals surface area contributed by atoms with Gasteiger partial charge in [-0.05, 0) is 24.1 Å². The zero-order valence-electron chi connectivity index (χ0n) is 16.4. The molecule has 1 unspecified atom stereocenters. The summed E-state index contributed by atoms with van der Waals surface area (Å²) in [4.78, 5) is 38.2. The molecule has 1 atom stereocenters. The van der Waals surface area contributed by atoms with Gasteiger partial charge in [-0.25, -0.2) is 0 Å². The van der Waals surface area contributed by atoms with Crippen molar-refractivity contribution < 1.29 is 24.2 Å². The van der Waals surface area contributed by atoms with Crippen molar-refractivity contribution in [3.05, 3.63) is 71.3 Å². The first kappa shape index (κ1) is 20.3. The number of likely N-dealkylation sites (tertiary alicyclic amines) is 1. The molecule has 2 aromatic rings. The molecular formula is C23H23NO5. The molecule has 3 rings (SSSR count). The number of unbranched alkanes of at least 4 members (excludes halogenated alkanes) is 1. The first-order valence-electron chi connectivity index (χ1n) is 9.56. The summed E-state index contributed by atoms with van der Waals surface area (Å²) in [5, 5.41) is 10.9. The van der Waals surface area contributed by atoms with Crippen LogP contribution in [0.1, 0.15) is 43.9 Å². The van der Waals surface area contributed by atoms with Crippen molar-refractivity contribution in [2.24, 2.45) is 0 Å². The Bertz CT molecular complexity index is 947. The van der Waals surface area contributed by atoms with Gasteiger partial charge in [0.2, 0.25) is 0 Å². The number of carbonyl (C=O) groups excluding carboxylic acids is 3. The molecule has 0 radical (unpaired) electrons. The second-order valence-corrected chi connectivity index (χ2v) is 6.87. The largest absolute Gasteiger partial charge is 0.507 e. The zero-order valence-corrected chi connectivity index (χ0v) is 16.4. The third-order valence-electron chi connectivity index (χ3n) is 4.80. The average Bonchev–Trinajstić information content (AvgIpc) is 2.97. The van der Waals surface area contributed by atoms with Gasteiger partial charge in [0.1, 0.15) is 11.5 Å². The van der Waals surface area contributed by atoms with Crippen LogP contribution in [-0.4, -0.2) is 34.2 Å². The summed E-state index contributed by atoms with van der Waals surface area (Å²) in [7, 11) is 0. The quantitative estimate of drug-likeness (QED) is 0.265. The van der Waals surface area contributed by atoms with Gasteiger partial charge in [-0.1, -0.05) is 55.8 Å². The molecule has 1 saturated heterocycles. The Kier molecular flexibility index (Phi) is 6.12. The van der Waals surface area contributed by atoms with Gasteiger partial charge in [-0.3, -0.25) is 14.4 Å². The molecule has 0 bridgehead atoms. The van der Waals surface area contributed by atoms with E-state index >= 15 is 0 Å². The molecule has 6 heteroatoms. The number of ketones is 1. The fourth-order valence-electron chi connectivity index (χ4n) is 3.42. The minimum absolute atomic E-state index is 0.0672. The average molecular weight is 393 g/mol. The van der Waals surface area contributed by atoms with Crippen LogP contribution in [-0.2, 0) is 14.4 Å². The maximum Gasteiger partial charge on any atom is 0.308 e. The molecular weight excluding hydrogens is 370 g/mol. The molecule has 1 amide bonds. The van der Waals surface area contributed by atoms with Crippen LogP contribution in [0.4, 0.5) is 0 Å². The fraction of sp³-hybridized carbons (Fsp3) is 0.261. The van der Waals surface area contributed by atoms with Crippen LogP contribution in [0.3, 0.4) is 0 Å². The Labute approximate surface area is 169 Å². The molecule has 6 nitrogen and oxygen atoms in total. The highest BCUT2D eigenvalue weighted by atomic mass is 16.5. The van der Waals surface area contributed by atoms with Crippen molar-refractivity contribution in [2.45, 2.75) is 32.7 Å². The Balaban J connectivity index is 2.09. The number of carbonyl (C=O) groups is 3. The van der Waals surface area contributed by atoms with Crippen LogP contribution < -0.4 is 4.74 Å². The number of rotatable bonds is 6. The number of hydrogen-bond donors (Lipinski definition) is 1. The van der Waals surface area contributed by atoms with E-state index in [4.69, 9.17) is 4.74 Å². The Morgan fingerprint density at radius 1 is 1.07 bits per heavy atom. The summed E-state index contributed by atoms with van der Waals surface area (Å²) >= 11 is 0. The maximum atomic E-state index is 12.8. The molecule has 0 aromatic heterocycles. The van der Waals surface area contributed by atoms with Crippen LogP contribution in [0.2, 0.25) is 0 Å². The molecule has 1 N–H and O–H groups in total. The van der Waals surface area contributed by atoms with E-state index in [1.54, 1.807) is 48.5 Å². The second-order valence-electron chi connectivity index (χ2n) is 6.87. The molecule has 1 aliphatic heterocycles. The van der Waals surface area contributed by atoms with E-state index in [2.05, 4.69) is 0 Å². The van der Waals surface area contributed by atoms with E-state index in [0.29, 0.717) is 23.4 Å². The highest BCUT2D eigenvalue weighted by Gasteiger charge is 2.45. The summed E-state index contributed by atoms with van der Waals surface area (Å²) in [5.41, 5.74) is 1.20. The van der Waals surface area contributed by atoms with Gasteiger partial charge in [0, 0.05) is 19.0 Å². The van der Waals surface area contributed by atoms with Gasteiger partial charge in [0.25, 0.3) is 11.7 Å². The number of aliphatic hydroxyl groups excluding tert-OH is 1. The van der Waals surface area contributed by atoms with Crippen molar-refractivity contribution in [2.75, 3.05) is 6.54 Å². The summed E-state index contributed by atoms with van der Waals surface area (Å²) in [6.07, 6.45) is 1.60. The van der Waals surface area contributed by atoms with E-state index in [1.165, 1.54) is 11.8 Å². The SMILES string of the molecule is CCCCN1C(=O)C(=O)/C(=C(\O)c2ccccc2)C1c1ccc(OC(C)=O)cc1. The van der Waals surface area contributed by atoms with Crippen molar-refractivity contribution in [1.82, 2.24) is 4.90 Å². The third kappa shape index (κ3) is 4.21. The molecule has 0 spiro atoms. The Morgan fingerprint density at radius 3 is 2.31 bits per heavy atom. The topological polar surface area (TPSA) is 83.9 Å². The summed E-state index contributed by atoms with van der Waals surface area (Å²) in [5.74, 6) is -1.58. The van der Waals surface area contributed by atoms with Crippen molar-refractivity contribution in [1.29, 1.82) is 0 Å². The van der Waals surface area contributed by atoms with Gasteiger partial charge in [-0.15, -0.1) is 0 Å². The smallest absolute Gasteiger partial charge is 0.308 e. The summed E-state index contributed by atoms with van der Waals surface area (Å²) in [6, 6.07) is 14.6. The van der Waals surface area contributed by atoms with Gasteiger partial charge < -0.3 is 14.7 Å². The normalized spacial score (nSPS) is 18.1. The molecule has 0 saturated carbocycles.